The van der Waals surface area contributed by atoms with Crippen molar-refractivity contribution >= 4 is 21.9 Å². The van der Waals surface area contributed by atoms with Gasteiger partial charge >= 0.3 is 0 Å². The first-order valence-corrected chi connectivity index (χ1v) is 15.7. The molecule has 0 N–H and O–H groups in total. The van der Waals surface area contributed by atoms with Gasteiger partial charge in [-0.15, -0.1) is 0 Å². The third kappa shape index (κ3) is 5.61. The number of hydrogen-bond acceptors (Lipinski definition) is 6. The van der Waals surface area contributed by atoms with Crippen LogP contribution < -0.4 is 10.3 Å². The van der Waals surface area contributed by atoms with E-state index in [9.17, 15) is 22.0 Å². The Morgan fingerprint density at radius 1 is 0.930 bits per heavy atom. The second kappa shape index (κ2) is 11.5. The Bertz CT molecular complexity index is 1870. The molecule has 0 bridgehead atoms. The number of ether oxygens (including phenoxy) is 1. The summed E-state index contributed by atoms with van der Waals surface area (Å²) in [4.78, 5) is 14.3. The van der Waals surface area contributed by atoms with Gasteiger partial charge in [0.2, 0.25) is 0 Å². The van der Waals surface area contributed by atoms with Crippen molar-refractivity contribution in [1.29, 1.82) is 0 Å². The molecular formula is C32H30F3NO5S2. The van der Waals surface area contributed by atoms with Crippen LogP contribution in [0.4, 0.5) is 13.2 Å². The average Bonchev–Trinajstić information content (AvgIpc) is 3.22. The molecule has 2 heterocycles. The maximum absolute atomic E-state index is 15.6. The minimum absolute atomic E-state index is 0.0170. The largest absolute Gasteiger partial charge is 0.494 e. The van der Waals surface area contributed by atoms with Crippen molar-refractivity contribution in [2.24, 2.45) is 0 Å². The van der Waals surface area contributed by atoms with E-state index in [0.29, 0.717) is 16.2 Å². The predicted molar refractivity (Wildman–Crippen MR) is 160 cm³/mol. The molecule has 0 amide bonds. The molecule has 4 aromatic rings. The van der Waals surface area contributed by atoms with E-state index in [1.807, 2.05) is 20.8 Å². The van der Waals surface area contributed by atoms with Gasteiger partial charge in [0.1, 0.15) is 11.6 Å². The summed E-state index contributed by atoms with van der Waals surface area (Å²) < 4.78 is 82.8. The molecule has 5 rings (SSSR count). The van der Waals surface area contributed by atoms with Gasteiger partial charge in [-0.05, 0) is 69.2 Å². The third-order valence-electron chi connectivity index (χ3n) is 7.77. The first-order chi connectivity index (χ1) is 20.3. The fourth-order valence-electron chi connectivity index (χ4n) is 5.32. The van der Waals surface area contributed by atoms with Crippen LogP contribution in [0, 0.1) is 31.3 Å². The number of hydrogen-bond donors (Lipinski definition) is 0. The number of benzene rings is 3. The number of thioether (sulfide) groups is 1. The summed E-state index contributed by atoms with van der Waals surface area (Å²) in [5.41, 5.74) is 0.789. The molecule has 11 heteroatoms. The number of aryl methyl sites for hydroxylation is 1. The van der Waals surface area contributed by atoms with E-state index < -0.39 is 50.5 Å². The Morgan fingerprint density at radius 3 is 2.19 bits per heavy atom. The van der Waals surface area contributed by atoms with Crippen LogP contribution in [0.2, 0.25) is 0 Å². The lowest BCUT2D eigenvalue weighted by Gasteiger charge is -2.26. The topological polar surface area (TPSA) is 74.6 Å². The van der Waals surface area contributed by atoms with E-state index in [2.05, 4.69) is 0 Å². The standard InChI is InChI=1S/C32H30F3NO5S2/c1-18-12-14-20(15-13-18)43(38,39)41-17-27-32(3,4)42-31-22(16-23-24(33)9-7-10-25(23)34)19(2)28(30(37)36(27)31)21-8-6-11-26(40-5)29(21)35/h6-15,27H,16-17H2,1-5H3. The van der Waals surface area contributed by atoms with Crippen molar-refractivity contribution in [3.63, 3.8) is 0 Å². The Hall–Kier alpha value is -3.54. The smallest absolute Gasteiger partial charge is 0.297 e. The summed E-state index contributed by atoms with van der Waals surface area (Å²) >= 11 is 1.28. The summed E-state index contributed by atoms with van der Waals surface area (Å²) in [5, 5.41) is 0.406. The molecule has 3 aromatic carbocycles. The maximum atomic E-state index is 15.6. The van der Waals surface area contributed by atoms with Crippen LogP contribution in [0.1, 0.15) is 42.1 Å². The van der Waals surface area contributed by atoms with E-state index in [4.69, 9.17) is 8.92 Å². The molecular weight excluding hydrogens is 599 g/mol. The average molecular weight is 630 g/mol. The van der Waals surface area contributed by atoms with Crippen LogP contribution in [-0.4, -0.2) is 31.4 Å². The van der Waals surface area contributed by atoms with Crippen LogP contribution in [0.15, 0.2) is 75.4 Å². The fourth-order valence-corrected chi connectivity index (χ4v) is 7.70. The molecule has 43 heavy (non-hydrogen) atoms. The lowest BCUT2D eigenvalue weighted by atomic mass is 9.93. The number of methoxy groups -OCH3 is 1. The highest BCUT2D eigenvalue weighted by Crippen LogP contribution is 2.51. The number of aromatic nitrogens is 1. The van der Waals surface area contributed by atoms with Gasteiger partial charge in [-0.3, -0.25) is 13.5 Å². The molecule has 0 aliphatic carbocycles. The highest BCUT2D eigenvalue weighted by molar-refractivity contribution is 8.00. The quantitative estimate of drug-likeness (QED) is 0.196. The van der Waals surface area contributed by atoms with Crippen molar-refractivity contribution in [1.82, 2.24) is 4.57 Å². The molecule has 1 atom stereocenters. The van der Waals surface area contributed by atoms with Gasteiger partial charge in [0.25, 0.3) is 15.7 Å². The zero-order chi connectivity index (χ0) is 31.3. The van der Waals surface area contributed by atoms with E-state index in [0.717, 1.165) is 17.7 Å². The SMILES string of the molecule is COc1cccc(-c2c(C)c(Cc3c(F)cccc3F)c3n(c2=O)C(COS(=O)(=O)c2ccc(C)cc2)C(C)(C)S3)c1F. The molecule has 1 aliphatic heterocycles. The number of halogens is 3. The molecule has 6 nitrogen and oxygen atoms in total. The fraction of sp³-hybridized carbons (Fsp3) is 0.281. The van der Waals surface area contributed by atoms with Crippen LogP contribution >= 0.6 is 11.8 Å². The molecule has 1 aliphatic rings. The first-order valence-electron chi connectivity index (χ1n) is 13.5. The van der Waals surface area contributed by atoms with Crippen molar-refractivity contribution < 1.29 is 30.5 Å². The highest BCUT2D eigenvalue weighted by atomic mass is 32.2. The normalized spacial score (nSPS) is 15.9. The first kappa shape index (κ1) is 30.9. The summed E-state index contributed by atoms with van der Waals surface area (Å²) in [6.45, 7) is 6.69. The molecule has 0 radical (unpaired) electrons. The van der Waals surface area contributed by atoms with E-state index in [-0.39, 0.29) is 33.8 Å². The molecule has 1 unspecified atom stereocenters. The second-order valence-corrected chi connectivity index (χ2v) is 14.2. The zero-order valence-electron chi connectivity index (χ0n) is 24.2. The molecule has 0 spiro atoms. The number of nitrogens with zero attached hydrogens (tertiary/aromatic N) is 1. The van der Waals surface area contributed by atoms with Crippen molar-refractivity contribution in [3.8, 4) is 16.9 Å². The molecule has 0 saturated carbocycles. The van der Waals surface area contributed by atoms with Crippen LogP contribution in [0.25, 0.3) is 11.1 Å². The summed E-state index contributed by atoms with van der Waals surface area (Å²) in [5.74, 6) is -2.37. The second-order valence-electron chi connectivity index (χ2n) is 10.9. The van der Waals surface area contributed by atoms with Crippen LogP contribution in [-0.2, 0) is 20.7 Å². The Morgan fingerprint density at radius 2 is 1.56 bits per heavy atom. The van der Waals surface area contributed by atoms with Crippen molar-refractivity contribution in [3.05, 3.63) is 111 Å². The van der Waals surface area contributed by atoms with Crippen LogP contribution in [0.5, 0.6) is 5.75 Å². The Kier molecular flexibility index (Phi) is 8.28. The lowest BCUT2D eigenvalue weighted by Crippen LogP contribution is -2.36. The van der Waals surface area contributed by atoms with Gasteiger partial charge in [-0.25, -0.2) is 13.2 Å². The lowest BCUT2D eigenvalue weighted by molar-refractivity contribution is 0.227. The summed E-state index contributed by atoms with van der Waals surface area (Å²) in [7, 11) is -2.88. The van der Waals surface area contributed by atoms with Gasteiger partial charge in [0, 0.05) is 22.3 Å². The van der Waals surface area contributed by atoms with Gasteiger partial charge < -0.3 is 4.74 Å². The minimum atomic E-state index is -4.19. The maximum Gasteiger partial charge on any atom is 0.297 e. The third-order valence-corrected chi connectivity index (χ3v) is 10.5. The van der Waals surface area contributed by atoms with E-state index in [1.54, 1.807) is 19.1 Å². The Labute approximate surface area is 252 Å². The highest BCUT2D eigenvalue weighted by Gasteiger charge is 2.44. The van der Waals surface area contributed by atoms with Gasteiger partial charge in [0.05, 0.1) is 35.2 Å². The Balaban J connectivity index is 1.71. The van der Waals surface area contributed by atoms with Crippen molar-refractivity contribution in [2.75, 3.05) is 13.7 Å². The summed E-state index contributed by atoms with van der Waals surface area (Å²) in [6.07, 6.45) is -0.225. The van der Waals surface area contributed by atoms with E-state index >= 15 is 4.39 Å². The van der Waals surface area contributed by atoms with Crippen molar-refractivity contribution in [2.45, 2.75) is 54.8 Å². The molecule has 0 saturated heterocycles. The predicted octanol–water partition coefficient (Wildman–Crippen LogP) is 6.98. The van der Waals surface area contributed by atoms with Crippen LogP contribution in [0.3, 0.4) is 0 Å². The molecule has 226 valence electrons. The zero-order valence-corrected chi connectivity index (χ0v) is 25.8. The minimum Gasteiger partial charge on any atom is -0.494 e. The van der Waals surface area contributed by atoms with Gasteiger partial charge in [-0.1, -0.05) is 47.7 Å². The molecule has 0 fully saturated rings. The monoisotopic (exact) mass is 629 g/mol. The number of rotatable bonds is 8. The van der Waals surface area contributed by atoms with E-state index in [1.165, 1.54) is 59.8 Å². The number of pyridine rings is 1. The van der Waals surface area contributed by atoms with Gasteiger partial charge in [-0.2, -0.15) is 8.42 Å². The summed E-state index contributed by atoms with van der Waals surface area (Å²) in [6, 6.07) is 13.3. The molecule has 1 aromatic heterocycles. The van der Waals surface area contributed by atoms with Gasteiger partial charge in [0.15, 0.2) is 11.6 Å². The number of fused-ring (bicyclic) bond motifs is 1.